The van der Waals surface area contributed by atoms with Gasteiger partial charge in [-0.25, -0.2) is 13.2 Å². The molecule has 7 heteroatoms. The van der Waals surface area contributed by atoms with E-state index in [-0.39, 0.29) is 30.4 Å². The van der Waals surface area contributed by atoms with E-state index in [0.29, 0.717) is 12.0 Å². The number of carbonyl (C=O) groups is 2. The van der Waals surface area contributed by atoms with Crippen LogP contribution in [0.25, 0.3) is 0 Å². The van der Waals surface area contributed by atoms with Gasteiger partial charge in [-0.05, 0) is 44.4 Å². The zero-order valence-electron chi connectivity index (χ0n) is 14.2. The van der Waals surface area contributed by atoms with Crippen LogP contribution in [0.1, 0.15) is 34.8 Å². The first-order valence-corrected chi connectivity index (χ1v) is 9.80. The van der Waals surface area contributed by atoms with Crippen molar-refractivity contribution in [1.82, 2.24) is 4.90 Å². The lowest BCUT2D eigenvalue weighted by molar-refractivity contribution is 0.0774. The van der Waals surface area contributed by atoms with Crippen molar-refractivity contribution in [3.05, 3.63) is 34.9 Å². The molecule has 1 saturated heterocycles. The van der Waals surface area contributed by atoms with Gasteiger partial charge in [0.25, 0.3) is 0 Å². The molecule has 0 saturated carbocycles. The first-order valence-electron chi connectivity index (χ1n) is 7.97. The lowest BCUT2D eigenvalue weighted by Gasteiger charge is -2.26. The maximum Gasteiger partial charge on any atom is 0.410 e. The van der Waals surface area contributed by atoms with Gasteiger partial charge < -0.3 is 4.74 Å². The molecule has 1 unspecified atom stereocenters. The molecule has 1 aliphatic rings. The molecule has 6 nitrogen and oxygen atoms in total. The van der Waals surface area contributed by atoms with E-state index in [1.54, 1.807) is 19.1 Å². The standard InChI is InChI=1S/C17H23NO5S/c1-4-23-17(20)18(15-7-8-24(21,22)11-15)10-16(19)14-6-5-12(2)13(3)9-14/h5-6,9,15H,4,7-8,10-11H2,1-3H3. The number of hydrogen-bond donors (Lipinski definition) is 0. The highest BCUT2D eigenvalue weighted by atomic mass is 32.2. The topological polar surface area (TPSA) is 80.8 Å². The van der Waals surface area contributed by atoms with Crippen molar-refractivity contribution < 1.29 is 22.7 Å². The Morgan fingerprint density at radius 2 is 1.96 bits per heavy atom. The summed E-state index contributed by atoms with van der Waals surface area (Å²) < 4.78 is 28.4. The summed E-state index contributed by atoms with van der Waals surface area (Å²) in [6.07, 6.45) is -0.307. The number of hydrogen-bond acceptors (Lipinski definition) is 5. The second kappa shape index (κ2) is 7.34. The van der Waals surface area contributed by atoms with E-state index < -0.39 is 22.0 Å². The number of amides is 1. The van der Waals surface area contributed by atoms with E-state index in [0.717, 1.165) is 11.1 Å². The molecule has 0 bridgehead atoms. The number of rotatable bonds is 5. The smallest absolute Gasteiger partial charge is 0.410 e. The number of Topliss-reactive ketones (excluding diaryl/α,β-unsaturated/α-hetero) is 1. The number of sulfone groups is 1. The summed E-state index contributed by atoms with van der Waals surface area (Å²) in [6, 6.07) is 4.85. The SMILES string of the molecule is CCOC(=O)N(CC(=O)c1ccc(C)c(C)c1)C1CCS(=O)(=O)C1. The molecule has 0 radical (unpaired) electrons. The minimum absolute atomic E-state index is 0.0331. The number of aryl methyl sites for hydroxylation is 2. The molecule has 0 aromatic heterocycles. The van der Waals surface area contributed by atoms with E-state index in [1.165, 1.54) is 4.90 Å². The van der Waals surface area contributed by atoms with Gasteiger partial charge in [-0.2, -0.15) is 0 Å². The molecule has 1 aromatic rings. The van der Waals surface area contributed by atoms with Gasteiger partial charge in [0, 0.05) is 5.56 Å². The van der Waals surface area contributed by atoms with Crippen LogP contribution in [0, 0.1) is 13.8 Å². The van der Waals surface area contributed by atoms with Crippen LogP contribution < -0.4 is 0 Å². The quantitative estimate of drug-likeness (QED) is 0.758. The Hall–Kier alpha value is -1.89. The average molecular weight is 353 g/mol. The third-order valence-corrected chi connectivity index (χ3v) is 6.04. The largest absolute Gasteiger partial charge is 0.450 e. The van der Waals surface area contributed by atoms with Crippen LogP contribution in [0.3, 0.4) is 0 Å². The van der Waals surface area contributed by atoms with Gasteiger partial charge in [-0.15, -0.1) is 0 Å². The number of ether oxygens (including phenoxy) is 1. The lowest BCUT2D eigenvalue weighted by Crippen LogP contribution is -2.44. The molecule has 1 fully saturated rings. The monoisotopic (exact) mass is 353 g/mol. The van der Waals surface area contributed by atoms with Gasteiger partial charge in [0.15, 0.2) is 15.6 Å². The summed E-state index contributed by atoms with van der Waals surface area (Å²) in [6.45, 7) is 5.54. The Balaban J connectivity index is 2.19. The minimum Gasteiger partial charge on any atom is -0.450 e. The lowest BCUT2D eigenvalue weighted by atomic mass is 10.0. The molecular weight excluding hydrogens is 330 g/mol. The normalized spacial score (nSPS) is 19.0. The average Bonchev–Trinajstić information content (AvgIpc) is 2.87. The highest BCUT2D eigenvalue weighted by molar-refractivity contribution is 7.91. The van der Waals surface area contributed by atoms with E-state index >= 15 is 0 Å². The van der Waals surface area contributed by atoms with Crippen LogP contribution in [0.2, 0.25) is 0 Å². The predicted octanol–water partition coefficient (Wildman–Crippen LogP) is 2.13. The van der Waals surface area contributed by atoms with Crippen LogP contribution in [0.5, 0.6) is 0 Å². The molecule has 1 aromatic carbocycles. The summed E-state index contributed by atoms with van der Waals surface area (Å²) >= 11 is 0. The van der Waals surface area contributed by atoms with Crippen LogP contribution in [0.15, 0.2) is 18.2 Å². The van der Waals surface area contributed by atoms with Crippen molar-refractivity contribution in [2.75, 3.05) is 24.7 Å². The Kier molecular flexibility index (Phi) is 5.64. The zero-order valence-corrected chi connectivity index (χ0v) is 15.1. The third kappa shape index (κ3) is 4.35. The van der Waals surface area contributed by atoms with Crippen molar-refractivity contribution in [2.45, 2.75) is 33.2 Å². The second-order valence-corrected chi connectivity index (χ2v) is 8.33. The van der Waals surface area contributed by atoms with E-state index in [2.05, 4.69) is 0 Å². The number of ketones is 1. The molecule has 2 rings (SSSR count). The fraction of sp³-hybridized carbons (Fsp3) is 0.529. The first kappa shape index (κ1) is 18.4. The summed E-state index contributed by atoms with van der Waals surface area (Å²) in [7, 11) is -3.16. The summed E-state index contributed by atoms with van der Waals surface area (Å²) in [5, 5.41) is 0. The van der Waals surface area contributed by atoms with Crippen molar-refractivity contribution >= 4 is 21.7 Å². The first-order chi connectivity index (χ1) is 11.2. The second-order valence-electron chi connectivity index (χ2n) is 6.11. The molecule has 0 N–H and O–H groups in total. The maximum atomic E-state index is 12.5. The fourth-order valence-corrected chi connectivity index (χ4v) is 4.46. The molecule has 0 spiro atoms. The highest BCUT2D eigenvalue weighted by Crippen LogP contribution is 2.20. The molecule has 1 atom stereocenters. The summed E-state index contributed by atoms with van der Waals surface area (Å²) in [4.78, 5) is 26.0. The Labute approximate surface area is 142 Å². The predicted molar refractivity (Wildman–Crippen MR) is 91.0 cm³/mol. The molecule has 132 valence electrons. The summed E-state index contributed by atoms with van der Waals surface area (Å²) in [5.41, 5.74) is 2.58. The van der Waals surface area contributed by atoms with E-state index in [4.69, 9.17) is 4.74 Å². The van der Waals surface area contributed by atoms with Gasteiger partial charge in [-0.3, -0.25) is 9.69 Å². The molecule has 1 aliphatic heterocycles. The van der Waals surface area contributed by atoms with Gasteiger partial charge in [0.2, 0.25) is 0 Å². The number of nitrogens with zero attached hydrogens (tertiary/aromatic N) is 1. The van der Waals surface area contributed by atoms with Gasteiger partial charge in [0.05, 0.1) is 30.7 Å². The minimum atomic E-state index is -3.16. The van der Waals surface area contributed by atoms with Crippen LogP contribution >= 0.6 is 0 Å². The molecule has 1 amide bonds. The number of benzene rings is 1. The number of carbonyl (C=O) groups excluding carboxylic acids is 2. The van der Waals surface area contributed by atoms with Crippen LogP contribution in [-0.4, -0.2) is 55.9 Å². The third-order valence-electron chi connectivity index (χ3n) is 4.29. The van der Waals surface area contributed by atoms with E-state index in [1.807, 2.05) is 19.9 Å². The Morgan fingerprint density at radius 1 is 1.25 bits per heavy atom. The highest BCUT2D eigenvalue weighted by Gasteiger charge is 2.36. The Bertz CT molecular complexity index is 741. The van der Waals surface area contributed by atoms with Crippen molar-refractivity contribution in [2.24, 2.45) is 0 Å². The van der Waals surface area contributed by atoms with Crippen molar-refractivity contribution in [3.8, 4) is 0 Å². The van der Waals surface area contributed by atoms with Gasteiger partial charge in [-0.1, -0.05) is 12.1 Å². The molecule has 24 heavy (non-hydrogen) atoms. The molecule has 1 heterocycles. The van der Waals surface area contributed by atoms with E-state index in [9.17, 15) is 18.0 Å². The van der Waals surface area contributed by atoms with Crippen molar-refractivity contribution in [1.29, 1.82) is 0 Å². The fourth-order valence-electron chi connectivity index (χ4n) is 2.73. The van der Waals surface area contributed by atoms with Gasteiger partial charge >= 0.3 is 6.09 Å². The Morgan fingerprint density at radius 3 is 2.50 bits per heavy atom. The molecular formula is C17H23NO5S. The maximum absolute atomic E-state index is 12.5. The zero-order chi connectivity index (χ0) is 17.9. The van der Waals surface area contributed by atoms with Crippen LogP contribution in [-0.2, 0) is 14.6 Å². The van der Waals surface area contributed by atoms with Gasteiger partial charge in [0.1, 0.15) is 0 Å². The summed E-state index contributed by atoms with van der Waals surface area (Å²) in [5.74, 6) is -0.312. The van der Waals surface area contributed by atoms with Crippen LogP contribution in [0.4, 0.5) is 4.79 Å². The van der Waals surface area contributed by atoms with Crippen molar-refractivity contribution in [3.63, 3.8) is 0 Å². The molecule has 0 aliphatic carbocycles.